The molecule has 3 heterocycles. The molecule has 0 bridgehead atoms. The van der Waals surface area contributed by atoms with E-state index in [2.05, 4.69) is 22.1 Å². The zero-order valence-electron chi connectivity index (χ0n) is 17.8. The number of aromatic nitrogens is 1. The maximum Gasteiger partial charge on any atom is 0.231 e. The molecule has 0 aliphatic carbocycles. The van der Waals surface area contributed by atoms with Gasteiger partial charge in [-0.15, -0.1) is 11.3 Å². The number of aryl methyl sites for hydroxylation is 2. The van der Waals surface area contributed by atoms with Crippen LogP contribution in [0.2, 0.25) is 0 Å². The summed E-state index contributed by atoms with van der Waals surface area (Å²) >= 11 is 1.48. The van der Waals surface area contributed by atoms with Gasteiger partial charge in [-0.3, -0.25) is 14.5 Å². The molecule has 30 heavy (non-hydrogen) atoms. The van der Waals surface area contributed by atoms with Gasteiger partial charge < -0.3 is 10.2 Å². The molecule has 1 atom stereocenters. The molecule has 7 heteroatoms. The molecule has 2 amide bonds. The highest BCUT2D eigenvalue weighted by Crippen LogP contribution is 2.27. The van der Waals surface area contributed by atoms with E-state index in [1.165, 1.54) is 36.2 Å². The molecule has 1 aromatic carbocycles. The molecule has 2 fully saturated rings. The van der Waals surface area contributed by atoms with Gasteiger partial charge in [0.1, 0.15) is 0 Å². The second kappa shape index (κ2) is 9.27. The molecule has 1 unspecified atom stereocenters. The highest BCUT2D eigenvalue weighted by Gasteiger charge is 2.31. The van der Waals surface area contributed by atoms with Gasteiger partial charge in [-0.2, -0.15) is 0 Å². The lowest BCUT2D eigenvalue weighted by molar-refractivity contribution is -0.124. The summed E-state index contributed by atoms with van der Waals surface area (Å²) in [6.07, 6.45) is 4.80. The maximum absolute atomic E-state index is 12.9. The molecule has 4 rings (SSSR count). The van der Waals surface area contributed by atoms with Crippen LogP contribution in [-0.4, -0.2) is 41.3 Å². The van der Waals surface area contributed by atoms with Gasteiger partial charge >= 0.3 is 0 Å². The Morgan fingerprint density at radius 1 is 1.20 bits per heavy atom. The highest BCUT2D eigenvalue weighted by molar-refractivity contribution is 7.13. The Hall–Kier alpha value is -2.25. The molecule has 1 aromatic heterocycles. The molecule has 0 saturated carbocycles. The smallest absolute Gasteiger partial charge is 0.231 e. The monoisotopic (exact) mass is 426 g/mol. The van der Waals surface area contributed by atoms with Crippen LogP contribution in [-0.2, 0) is 16.1 Å². The lowest BCUT2D eigenvalue weighted by Gasteiger charge is -2.32. The Morgan fingerprint density at radius 2 is 2.00 bits per heavy atom. The van der Waals surface area contributed by atoms with Gasteiger partial charge in [0.25, 0.3) is 0 Å². The van der Waals surface area contributed by atoms with Gasteiger partial charge in [0, 0.05) is 30.6 Å². The summed E-state index contributed by atoms with van der Waals surface area (Å²) < 4.78 is 0. The van der Waals surface area contributed by atoms with Gasteiger partial charge in [-0.05, 0) is 69.5 Å². The van der Waals surface area contributed by atoms with E-state index in [-0.39, 0.29) is 17.7 Å². The number of likely N-dealkylation sites (tertiary alicyclic amines) is 1. The lowest BCUT2D eigenvalue weighted by Crippen LogP contribution is -2.44. The minimum Gasteiger partial charge on any atom is -0.312 e. The van der Waals surface area contributed by atoms with Crippen molar-refractivity contribution in [1.82, 2.24) is 9.88 Å². The van der Waals surface area contributed by atoms with Crippen molar-refractivity contribution in [2.45, 2.75) is 52.5 Å². The predicted octanol–water partition coefficient (Wildman–Crippen LogP) is 4.13. The standard InChI is InChI=1S/C23H30N4O2S/c1-16-6-8-20(12-17(16)2)27-13-18(7-9-21(27)28)22(29)25-23-24-19(15-30-23)14-26-10-4-3-5-11-26/h6,8,12,15,18H,3-5,7,9-11,13-14H2,1-2H3,(H,24,25,29). The van der Waals surface area contributed by atoms with Crippen LogP contribution in [0.25, 0.3) is 0 Å². The number of benzene rings is 1. The second-order valence-corrected chi connectivity index (χ2v) is 9.34. The first-order chi connectivity index (χ1) is 14.5. The van der Waals surface area contributed by atoms with Crippen LogP contribution in [0, 0.1) is 19.8 Å². The fraction of sp³-hybridized carbons (Fsp3) is 0.522. The third-order valence-corrected chi connectivity index (χ3v) is 7.01. The van der Waals surface area contributed by atoms with Crippen molar-refractivity contribution in [3.8, 4) is 0 Å². The zero-order valence-corrected chi connectivity index (χ0v) is 18.6. The molecule has 2 aromatic rings. The summed E-state index contributed by atoms with van der Waals surface area (Å²) in [5, 5.41) is 5.68. The number of carbonyl (C=O) groups excluding carboxylic acids is 2. The van der Waals surface area contributed by atoms with Crippen molar-refractivity contribution >= 4 is 34.0 Å². The van der Waals surface area contributed by atoms with Crippen molar-refractivity contribution in [3.05, 3.63) is 40.4 Å². The van der Waals surface area contributed by atoms with Crippen LogP contribution in [0.3, 0.4) is 0 Å². The number of amides is 2. The van der Waals surface area contributed by atoms with Crippen LogP contribution in [0.4, 0.5) is 10.8 Å². The van der Waals surface area contributed by atoms with Gasteiger partial charge in [-0.25, -0.2) is 4.98 Å². The summed E-state index contributed by atoms with van der Waals surface area (Å²) in [6, 6.07) is 6.02. The largest absolute Gasteiger partial charge is 0.312 e. The number of nitrogens with zero attached hydrogens (tertiary/aromatic N) is 3. The van der Waals surface area contributed by atoms with Gasteiger partial charge in [0.15, 0.2) is 5.13 Å². The van der Waals surface area contributed by atoms with E-state index in [1.807, 2.05) is 30.5 Å². The minimum atomic E-state index is -0.223. The molecular weight excluding hydrogens is 396 g/mol. The van der Waals surface area contributed by atoms with Crippen LogP contribution >= 0.6 is 11.3 Å². The number of hydrogen-bond acceptors (Lipinski definition) is 5. The first-order valence-corrected chi connectivity index (χ1v) is 11.7. The zero-order chi connectivity index (χ0) is 21.1. The average molecular weight is 427 g/mol. The summed E-state index contributed by atoms with van der Waals surface area (Å²) in [6.45, 7) is 7.62. The van der Waals surface area contributed by atoms with E-state index in [9.17, 15) is 9.59 Å². The van der Waals surface area contributed by atoms with Gasteiger partial charge in [0.05, 0.1) is 11.6 Å². The van der Waals surface area contributed by atoms with Crippen LogP contribution in [0.15, 0.2) is 23.6 Å². The van der Waals surface area contributed by atoms with E-state index >= 15 is 0 Å². The summed E-state index contributed by atoms with van der Waals surface area (Å²) in [5.41, 5.74) is 4.24. The van der Waals surface area contributed by atoms with Crippen molar-refractivity contribution in [2.24, 2.45) is 5.92 Å². The van der Waals surface area contributed by atoms with E-state index in [4.69, 9.17) is 0 Å². The van der Waals surface area contributed by atoms with E-state index in [0.29, 0.717) is 24.5 Å². The molecule has 1 N–H and O–H groups in total. The minimum absolute atomic E-state index is 0.0461. The average Bonchev–Trinajstić information content (AvgIpc) is 3.18. The molecule has 2 saturated heterocycles. The Balaban J connectivity index is 1.37. The summed E-state index contributed by atoms with van der Waals surface area (Å²) in [5.74, 6) is -0.186. The number of hydrogen-bond donors (Lipinski definition) is 1. The Morgan fingerprint density at radius 3 is 2.77 bits per heavy atom. The Kier molecular flexibility index (Phi) is 6.49. The Labute approximate surface area is 182 Å². The number of thiazole rings is 1. The van der Waals surface area contributed by atoms with E-state index < -0.39 is 0 Å². The molecule has 0 radical (unpaired) electrons. The van der Waals surface area contributed by atoms with Gasteiger partial charge in [0.2, 0.25) is 11.8 Å². The van der Waals surface area contributed by atoms with Crippen molar-refractivity contribution < 1.29 is 9.59 Å². The molecular formula is C23H30N4O2S. The molecule has 160 valence electrons. The third kappa shape index (κ3) is 4.90. The van der Waals surface area contributed by atoms with E-state index in [1.54, 1.807) is 4.90 Å². The number of carbonyl (C=O) groups is 2. The normalized spacial score (nSPS) is 20.4. The summed E-state index contributed by atoms with van der Waals surface area (Å²) in [7, 11) is 0. The first kappa shape index (κ1) is 21.0. The number of anilines is 2. The quantitative estimate of drug-likeness (QED) is 0.781. The van der Waals surface area contributed by atoms with Crippen molar-refractivity contribution in [3.63, 3.8) is 0 Å². The molecule has 2 aliphatic heterocycles. The lowest BCUT2D eigenvalue weighted by atomic mass is 9.95. The third-order valence-electron chi connectivity index (χ3n) is 6.20. The Bertz CT molecular complexity index is 920. The van der Waals surface area contributed by atoms with Crippen LogP contribution in [0.1, 0.15) is 48.9 Å². The number of piperidine rings is 2. The molecule has 6 nitrogen and oxygen atoms in total. The fourth-order valence-electron chi connectivity index (χ4n) is 4.19. The first-order valence-electron chi connectivity index (χ1n) is 10.8. The highest BCUT2D eigenvalue weighted by atomic mass is 32.1. The number of rotatable bonds is 5. The predicted molar refractivity (Wildman–Crippen MR) is 121 cm³/mol. The second-order valence-electron chi connectivity index (χ2n) is 8.48. The van der Waals surface area contributed by atoms with E-state index in [0.717, 1.165) is 36.6 Å². The van der Waals surface area contributed by atoms with Crippen molar-refractivity contribution in [2.75, 3.05) is 29.9 Å². The maximum atomic E-state index is 12.9. The SMILES string of the molecule is Cc1ccc(N2CC(C(=O)Nc3nc(CN4CCCCC4)cs3)CCC2=O)cc1C. The topological polar surface area (TPSA) is 65.5 Å². The molecule has 2 aliphatic rings. The fourth-order valence-corrected chi connectivity index (χ4v) is 4.90. The van der Waals surface area contributed by atoms with Gasteiger partial charge in [-0.1, -0.05) is 12.5 Å². The van der Waals surface area contributed by atoms with Crippen LogP contribution < -0.4 is 10.2 Å². The van der Waals surface area contributed by atoms with Crippen LogP contribution in [0.5, 0.6) is 0 Å². The molecule has 0 spiro atoms. The van der Waals surface area contributed by atoms with Crippen molar-refractivity contribution in [1.29, 1.82) is 0 Å². The number of nitrogens with one attached hydrogen (secondary N) is 1. The summed E-state index contributed by atoms with van der Waals surface area (Å²) in [4.78, 5) is 34.2.